The van der Waals surface area contributed by atoms with Gasteiger partial charge in [-0.05, 0) is 17.5 Å². The van der Waals surface area contributed by atoms with Gasteiger partial charge in [-0.25, -0.2) is 0 Å². The summed E-state index contributed by atoms with van der Waals surface area (Å²) in [5.74, 6) is 0. The second-order valence-electron chi connectivity index (χ2n) is 5.57. The first-order chi connectivity index (χ1) is 11.7. The Hall–Kier alpha value is -1.54. The molecule has 0 bridgehead atoms. The molecular weight excluding hydrogens is 319 g/mol. The van der Waals surface area contributed by atoms with E-state index in [1.165, 1.54) is 36.8 Å². The third-order valence-corrected chi connectivity index (χ3v) is 3.98. The van der Waals surface area contributed by atoms with Crippen molar-refractivity contribution in [2.24, 2.45) is 0 Å². The topological polar surface area (TPSA) is 46.5 Å². The van der Waals surface area contributed by atoms with Crippen LogP contribution in [0.15, 0.2) is 60.7 Å². The van der Waals surface area contributed by atoms with Crippen LogP contribution in [0.2, 0.25) is 0 Å². The molecular formula is C20H28O3P+. The quantitative estimate of drug-likeness (QED) is 0.423. The van der Waals surface area contributed by atoms with Gasteiger partial charge in [0.15, 0.2) is 0 Å². The standard InChI is InChI=1S/C12H10.C8H17O3P/c1-3-7-11(8-4-1)12-9-5-2-6-10-12;1-2-3-4-5-6-7-8-11-12(9)10/h1-10H;2-8H2,1H3/p+1. The molecule has 0 spiro atoms. The largest absolute Gasteiger partial charge is 0.694 e. The normalized spacial score (nSPS) is 10.7. The van der Waals surface area contributed by atoms with E-state index in [1.54, 1.807) is 0 Å². The first kappa shape index (κ1) is 20.5. The predicted octanol–water partition coefficient (Wildman–Crippen LogP) is 6.37. The summed E-state index contributed by atoms with van der Waals surface area (Å²) in [5.41, 5.74) is 2.55. The average molecular weight is 347 g/mol. The van der Waals surface area contributed by atoms with Crippen LogP contribution in [0, 0.1) is 0 Å². The van der Waals surface area contributed by atoms with E-state index >= 15 is 0 Å². The van der Waals surface area contributed by atoms with Crippen molar-refractivity contribution >= 4 is 8.25 Å². The Bertz CT molecular complexity index is 506. The summed E-state index contributed by atoms with van der Waals surface area (Å²) in [6.45, 7) is 2.59. The van der Waals surface area contributed by atoms with Gasteiger partial charge in [-0.2, -0.15) is 0 Å². The molecule has 0 radical (unpaired) electrons. The van der Waals surface area contributed by atoms with E-state index < -0.39 is 8.25 Å². The summed E-state index contributed by atoms with van der Waals surface area (Å²) in [6, 6.07) is 20.8. The zero-order chi connectivity index (χ0) is 17.5. The molecule has 1 N–H and O–H groups in total. The van der Waals surface area contributed by atoms with Crippen molar-refractivity contribution in [1.29, 1.82) is 0 Å². The third kappa shape index (κ3) is 10.3. The molecule has 0 aliphatic rings. The summed E-state index contributed by atoms with van der Waals surface area (Å²) in [7, 11) is -2.38. The zero-order valence-corrected chi connectivity index (χ0v) is 15.3. The third-order valence-electron chi connectivity index (χ3n) is 3.58. The molecule has 1 unspecified atom stereocenters. The summed E-state index contributed by atoms with van der Waals surface area (Å²) in [6.07, 6.45) is 7.00. The van der Waals surface area contributed by atoms with Gasteiger partial charge in [0.05, 0.1) is 0 Å². The van der Waals surface area contributed by atoms with E-state index in [4.69, 9.17) is 4.89 Å². The van der Waals surface area contributed by atoms with E-state index in [-0.39, 0.29) is 0 Å². The molecule has 4 heteroatoms. The molecule has 2 aromatic carbocycles. The number of hydrogen-bond donors (Lipinski definition) is 1. The second kappa shape index (κ2) is 13.9. The fourth-order valence-electron chi connectivity index (χ4n) is 2.29. The fourth-order valence-corrected chi connectivity index (χ4v) is 2.57. The Kier molecular flexibility index (Phi) is 11.8. The first-order valence-corrected chi connectivity index (χ1v) is 9.76. The lowest BCUT2D eigenvalue weighted by Crippen LogP contribution is -1.86. The van der Waals surface area contributed by atoms with Crippen LogP contribution in [0.1, 0.15) is 45.4 Å². The summed E-state index contributed by atoms with van der Waals surface area (Å²) in [4.78, 5) is 8.28. The molecule has 24 heavy (non-hydrogen) atoms. The van der Waals surface area contributed by atoms with Gasteiger partial charge in [-0.3, -0.25) is 0 Å². The Morgan fingerprint density at radius 3 is 1.71 bits per heavy atom. The van der Waals surface area contributed by atoms with Gasteiger partial charge in [-0.15, -0.1) is 9.42 Å². The van der Waals surface area contributed by atoms with Gasteiger partial charge in [0.2, 0.25) is 0 Å². The highest BCUT2D eigenvalue weighted by Gasteiger charge is 2.09. The van der Waals surface area contributed by atoms with Crippen LogP contribution in [0.5, 0.6) is 0 Å². The SMILES string of the molecule is CCCCCCCCO[P+](=O)O.c1ccc(-c2ccccc2)cc1. The first-order valence-electron chi connectivity index (χ1n) is 8.63. The van der Waals surface area contributed by atoms with Crippen molar-refractivity contribution in [2.75, 3.05) is 6.61 Å². The van der Waals surface area contributed by atoms with Crippen molar-refractivity contribution in [3.8, 4) is 11.1 Å². The van der Waals surface area contributed by atoms with Gasteiger partial charge in [-0.1, -0.05) is 99.7 Å². The van der Waals surface area contributed by atoms with Gasteiger partial charge >= 0.3 is 8.25 Å². The summed E-state index contributed by atoms with van der Waals surface area (Å²) >= 11 is 0. The van der Waals surface area contributed by atoms with Crippen LogP contribution in [-0.2, 0) is 9.09 Å². The summed E-state index contributed by atoms with van der Waals surface area (Å²) < 4.78 is 14.6. The lowest BCUT2D eigenvalue weighted by Gasteiger charge is -1.98. The Morgan fingerprint density at radius 2 is 1.25 bits per heavy atom. The maximum Gasteiger partial charge on any atom is 0.694 e. The van der Waals surface area contributed by atoms with Crippen molar-refractivity contribution in [3.63, 3.8) is 0 Å². The van der Waals surface area contributed by atoms with Crippen molar-refractivity contribution in [2.45, 2.75) is 45.4 Å². The van der Waals surface area contributed by atoms with Crippen LogP contribution in [-0.4, -0.2) is 11.5 Å². The number of hydrogen-bond acceptors (Lipinski definition) is 2. The number of benzene rings is 2. The molecule has 2 aromatic rings. The molecule has 0 heterocycles. The number of unbranched alkanes of at least 4 members (excludes halogenated alkanes) is 5. The molecule has 0 aliphatic heterocycles. The van der Waals surface area contributed by atoms with Crippen molar-refractivity contribution < 1.29 is 14.0 Å². The van der Waals surface area contributed by atoms with Crippen LogP contribution >= 0.6 is 8.25 Å². The number of rotatable bonds is 9. The molecule has 1 atom stereocenters. The molecule has 2 rings (SSSR count). The van der Waals surface area contributed by atoms with E-state index in [0.717, 1.165) is 12.8 Å². The van der Waals surface area contributed by atoms with Crippen molar-refractivity contribution in [3.05, 3.63) is 60.7 Å². The Balaban J connectivity index is 0.000000240. The Labute approximate surface area is 146 Å². The van der Waals surface area contributed by atoms with Crippen LogP contribution in [0.3, 0.4) is 0 Å². The second-order valence-corrected chi connectivity index (χ2v) is 6.30. The van der Waals surface area contributed by atoms with E-state index in [9.17, 15) is 4.57 Å². The van der Waals surface area contributed by atoms with Crippen LogP contribution in [0.4, 0.5) is 0 Å². The minimum atomic E-state index is -2.38. The van der Waals surface area contributed by atoms with Crippen molar-refractivity contribution in [1.82, 2.24) is 0 Å². The minimum Gasteiger partial charge on any atom is -0.133 e. The van der Waals surface area contributed by atoms with Crippen LogP contribution < -0.4 is 0 Å². The lowest BCUT2D eigenvalue weighted by atomic mass is 10.1. The average Bonchev–Trinajstić information content (AvgIpc) is 2.63. The highest BCUT2D eigenvalue weighted by Crippen LogP contribution is 2.17. The smallest absolute Gasteiger partial charge is 0.133 e. The van der Waals surface area contributed by atoms with E-state index in [2.05, 4.69) is 60.0 Å². The molecule has 0 aromatic heterocycles. The van der Waals surface area contributed by atoms with Gasteiger partial charge < -0.3 is 0 Å². The Morgan fingerprint density at radius 1 is 0.792 bits per heavy atom. The van der Waals surface area contributed by atoms with E-state index in [1.807, 2.05) is 12.1 Å². The molecule has 130 valence electrons. The fraction of sp³-hybridized carbons (Fsp3) is 0.400. The maximum absolute atomic E-state index is 10.1. The molecule has 0 fully saturated rings. The molecule has 0 amide bonds. The van der Waals surface area contributed by atoms with E-state index in [0.29, 0.717) is 6.61 Å². The minimum absolute atomic E-state index is 0.415. The predicted molar refractivity (Wildman–Crippen MR) is 101 cm³/mol. The maximum atomic E-state index is 10.1. The molecule has 0 saturated carbocycles. The zero-order valence-electron chi connectivity index (χ0n) is 14.4. The van der Waals surface area contributed by atoms with Gasteiger partial charge in [0.1, 0.15) is 6.61 Å². The molecule has 0 aliphatic carbocycles. The highest BCUT2D eigenvalue weighted by atomic mass is 31.1. The van der Waals surface area contributed by atoms with Crippen LogP contribution in [0.25, 0.3) is 11.1 Å². The lowest BCUT2D eigenvalue weighted by molar-refractivity contribution is 0.273. The molecule has 3 nitrogen and oxygen atoms in total. The van der Waals surface area contributed by atoms with Gasteiger partial charge in [0, 0.05) is 4.57 Å². The summed E-state index contributed by atoms with van der Waals surface area (Å²) in [5, 5.41) is 0. The monoisotopic (exact) mass is 347 g/mol. The highest BCUT2D eigenvalue weighted by molar-refractivity contribution is 7.32. The molecule has 0 saturated heterocycles. The van der Waals surface area contributed by atoms with Gasteiger partial charge in [0.25, 0.3) is 0 Å².